The Morgan fingerprint density at radius 3 is 1.48 bits per heavy atom. The third-order valence-corrected chi connectivity index (χ3v) is 10.6. The molecular formula is C47H58O11. The van der Waals surface area contributed by atoms with Crippen molar-refractivity contribution >= 4 is 0 Å². The first-order valence-electron chi connectivity index (χ1n) is 19.8. The molecule has 2 heterocycles. The normalized spacial score (nSPS) is 28.6. The van der Waals surface area contributed by atoms with E-state index in [2.05, 4.69) is 6.58 Å². The van der Waals surface area contributed by atoms with Gasteiger partial charge >= 0.3 is 0 Å². The maximum Gasteiger partial charge on any atom is 0.201 e. The Morgan fingerprint density at radius 1 is 0.517 bits per heavy atom. The fourth-order valence-electron chi connectivity index (χ4n) is 7.69. The van der Waals surface area contributed by atoms with Gasteiger partial charge in [0.05, 0.1) is 39.6 Å². The lowest BCUT2D eigenvalue weighted by Gasteiger charge is -2.53. The van der Waals surface area contributed by atoms with Crippen molar-refractivity contribution < 1.29 is 52.1 Å². The van der Waals surface area contributed by atoms with Crippen molar-refractivity contribution in [2.75, 3.05) is 41.7 Å². The molecule has 0 bridgehead atoms. The van der Waals surface area contributed by atoms with Crippen molar-refractivity contribution in [2.24, 2.45) is 0 Å². The standard InChI is InChI=1S/C47H58O11/c1-6-27-47(56-33-38-40(48-2)42(49-3)44(50-4)46(51-5)57-38)45(55-31-37-25-17-10-18-26-37)43(54-30-36-23-15-9-16-24-36)41(53-29-35-21-13-8-14-22-35)39(58-47)32-52-28-34-19-11-7-12-20-34/h6-26,38-46H,1,27-33H2,2-5H3/t38-,39-,40-,41-,42+,43+,44-,45-,46+,47+/m1/s1. The minimum atomic E-state index is -1.46. The predicted octanol–water partition coefficient (Wildman–Crippen LogP) is 7.06. The molecule has 2 fully saturated rings. The molecule has 0 amide bonds. The topological polar surface area (TPSA) is 102 Å². The highest BCUT2D eigenvalue weighted by molar-refractivity contribution is 5.17. The average Bonchev–Trinajstić information content (AvgIpc) is 3.27. The molecule has 0 aromatic heterocycles. The second-order valence-electron chi connectivity index (χ2n) is 14.4. The number of methoxy groups -OCH3 is 4. The van der Waals surface area contributed by atoms with Gasteiger partial charge in [0, 0.05) is 34.9 Å². The van der Waals surface area contributed by atoms with E-state index >= 15 is 0 Å². The van der Waals surface area contributed by atoms with Crippen molar-refractivity contribution in [3.8, 4) is 0 Å². The molecular weight excluding hydrogens is 741 g/mol. The first-order chi connectivity index (χ1) is 28.5. The molecule has 0 saturated carbocycles. The summed E-state index contributed by atoms with van der Waals surface area (Å²) in [5.74, 6) is -1.46. The third kappa shape index (κ3) is 11.3. The summed E-state index contributed by atoms with van der Waals surface area (Å²) in [6.07, 6.45) is -3.94. The molecule has 2 aliphatic heterocycles. The Hall–Kier alpha value is -3.82. The second kappa shape index (κ2) is 22.5. The number of hydrogen-bond donors (Lipinski definition) is 0. The van der Waals surface area contributed by atoms with E-state index in [0.29, 0.717) is 13.2 Å². The summed E-state index contributed by atoms with van der Waals surface area (Å²) in [6, 6.07) is 40.1. The zero-order chi connectivity index (χ0) is 40.6. The Kier molecular flexibility index (Phi) is 17.0. The van der Waals surface area contributed by atoms with E-state index in [4.69, 9.17) is 52.1 Å². The summed E-state index contributed by atoms with van der Waals surface area (Å²) >= 11 is 0. The fraction of sp³-hybridized carbons (Fsp3) is 0.447. The van der Waals surface area contributed by atoms with Crippen LogP contribution in [0.5, 0.6) is 0 Å². The van der Waals surface area contributed by atoms with E-state index in [-0.39, 0.29) is 32.8 Å². The van der Waals surface area contributed by atoms with Crippen LogP contribution in [0.2, 0.25) is 0 Å². The summed E-state index contributed by atoms with van der Waals surface area (Å²) in [5.41, 5.74) is 4.00. The van der Waals surface area contributed by atoms with Gasteiger partial charge in [-0.1, -0.05) is 127 Å². The first kappa shape index (κ1) is 43.8. The van der Waals surface area contributed by atoms with Gasteiger partial charge in [-0.25, -0.2) is 0 Å². The zero-order valence-electron chi connectivity index (χ0n) is 34.0. The molecule has 0 N–H and O–H groups in total. The Balaban J connectivity index is 1.39. The minimum absolute atomic E-state index is 0.00619. The number of rotatable bonds is 22. The molecule has 2 aliphatic rings. The van der Waals surface area contributed by atoms with Gasteiger partial charge < -0.3 is 52.1 Å². The number of benzene rings is 4. The summed E-state index contributed by atoms with van der Waals surface area (Å²) < 4.78 is 71.4. The maximum absolute atomic E-state index is 7.21. The van der Waals surface area contributed by atoms with Crippen molar-refractivity contribution in [3.63, 3.8) is 0 Å². The molecule has 6 rings (SSSR count). The van der Waals surface area contributed by atoms with Gasteiger partial charge in [0.1, 0.15) is 48.8 Å². The lowest BCUT2D eigenvalue weighted by Crippen LogP contribution is -2.69. The molecule has 0 spiro atoms. The molecule has 58 heavy (non-hydrogen) atoms. The van der Waals surface area contributed by atoms with Crippen molar-refractivity contribution in [2.45, 2.75) is 93.8 Å². The molecule has 11 heteroatoms. The number of ether oxygens (including phenoxy) is 11. The Labute approximate surface area is 343 Å². The van der Waals surface area contributed by atoms with Crippen LogP contribution < -0.4 is 0 Å². The minimum Gasteiger partial charge on any atom is -0.376 e. The fourth-order valence-corrected chi connectivity index (χ4v) is 7.69. The van der Waals surface area contributed by atoms with Gasteiger partial charge in [-0.3, -0.25) is 0 Å². The van der Waals surface area contributed by atoms with Crippen molar-refractivity contribution in [1.29, 1.82) is 0 Å². The summed E-state index contributed by atoms with van der Waals surface area (Å²) in [6.45, 7) is 5.54. The molecule has 312 valence electrons. The quantitative estimate of drug-likeness (QED) is 0.0764. The van der Waals surface area contributed by atoms with Crippen LogP contribution in [0, 0.1) is 0 Å². The van der Waals surface area contributed by atoms with E-state index < -0.39 is 60.9 Å². The van der Waals surface area contributed by atoms with E-state index in [1.807, 2.05) is 121 Å². The lowest BCUT2D eigenvalue weighted by atomic mass is 9.89. The summed E-state index contributed by atoms with van der Waals surface area (Å²) in [4.78, 5) is 0. The smallest absolute Gasteiger partial charge is 0.201 e. The van der Waals surface area contributed by atoms with Crippen molar-refractivity contribution in [1.82, 2.24) is 0 Å². The highest BCUT2D eigenvalue weighted by Gasteiger charge is 2.58. The Bertz CT molecular complexity index is 1730. The van der Waals surface area contributed by atoms with Crippen LogP contribution in [-0.4, -0.2) is 103 Å². The first-order valence-corrected chi connectivity index (χ1v) is 19.8. The predicted molar refractivity (Wildman–Crippen MR) is 218 cm³/mol. The highest BCUT2D eigenvalue weighted by Crippen LogP contribution is 2.41. The SMILES string of the molecule is C=CC[C@]1(OC[C@H]2O[C@H](OC)[C@H](OC)[C@@H](OC)[C@@H]2OC)O[C@H](COCc2ccccc2)[C@@H](OCc2ccccc2)[C@H](OCc2ccccc2)[C@H]1OCc1ccccc1. The van der Waals surface area contributed by atoms with E-state index in [1.54, 1.807) is 34.5 Å². The number of hydrogen-bond acceptors (Lipinski definition) is 11. The van der Waals surface area contributed by atoms with Crippen LogP contribution in [0.25, 0.3) is 0 Å². The summed E-state index contributed by atoms with van der Waals surface area (Å²) in [7, 11) is 6.37. The third-order valence-electron chi connectivity index (χ3n) is 10.6. The van der Waals surface area contributed by atoms with Crippen LogP contribution in [0.4, 0.5) is 0 Å². The molecule has 10 atom stereocenters. The van der Waals surface area contributed by atoms with E-state index in [1.165, 1.54) is 0 Å². The van der Waals surface area contributed by atoms with Crippen LogP contribution >= 0.6 is 0 Å². The van der Waals surface area contributed by atoms with Crippen LogP contribution in [0.3, 0.4) is 0 Å². The average molecular weight is 799 g/mol. The van der Waals surface area contributed by atoms with E-state index in [9.17, 15) is 0 Å². The Morgan fingerprint density at radius 2 is 1.00 bits per heavy atom. The summed E-state index contributed by atoms with van der Waals surface area (Å²) in [5, 5.41) is 0. The molecule has 4 aromatic rings. The van der Waals surface area contributed by atoms with Gasteiger partial charge in [-0.2, -0.15) is 0 Å². The monoisotopic (exact) mass is 798 g/mol. The highest BCUT2D eigenvalue weighted by atomic mass is 16.8. The van der Waals surface area contributed by atoms with Gasteiger partial charge in [-0.15, -0.1) is 6.58 Å². The molecule has 2 saturated heterocycles. The molecule has 4 aromatic carbocycles. The largest absolute Gasteiger partial charge is 0.376 e. The van der Waals surface area contributed by atoms with Gasteiger partial charge in [-0.05, 0) is 22.3 Å². The van der Waals surface area contributed by atoms with Crippen LogP contribution in [-0.2, 0) is 78.5 Å². The maximum atomic E-state index is 7.21. The van der Waals surface area contributed by atoms with Crippen LogP contribution in [0.15, 0.2) is 134 Å². The second-order valence-corrected chi connectivity index (χ2v) is 14.4. The lowest BCUT2D eigenvalue weighted by molar-refractivity contribution is -0.392. The van der Waals surface area contributed by atoms with Gasteiger partial charge in [0.15, 0.2) is 6.29 Å². The molecule has 0 radical (unpaired) electrons. The van der Waals surface area contributed by atoms with E-state index in [0.717, 1.165) is 22.3 Å². The van der Waals surface area contributed by atoms with Crippen LogP contribution in [0.1, 0.15) is 28.7 Å². The van der Waals surface area contributed by atoms with Crippen molar-refractivity contribution in [3.05, 3.63) is 156 Å². The van der Waals surface area contributed by atoms with Gasteiger partial charge in [0.25, 0.3) is 0 Å². The molecule has 11 nitrogen and oxygen atoms in total. The van der Waals surface area contributed by atoms with Gasteiger partial charge in [0.2, 0.25) is 5.79 Å². The molecule has 0 unspecified atom stereocenters. The zero-order valence-corrected chi connectivity index (χ0v) is 34.0. The molecule has 0 aliphatic carbocycles.